The van der Waals surface area contributed by atoms with E-state index in [0.717, 1.165) is 18.1 Å². The van der Waals surface area contributed by atoms with Crippen LogP contribution in [0.3, 0.4) is 0 Å². The molecule has 3 N–H and O–H groups in total. The number of nitrogen functional groups attached to an aromatic ring is 1. The minimum atomic E-state index is -0.789. The maximum absolute atomic E-state index is 14.9. The van der Waals surface area contributed by atoms with Crippen molar-refractivity contribution in [3.8, 4) is 28.8 Å². The van der Waals surface area contributed by atoms with Crippen LogP contribution < -0.4 is 10.6 Å². The monoisotopic (exact) mass is 471 g/mol. The molecular formula is C24H22FN9O. The molecule has 1 fully saturated rings. The molecule has 0 bridgehead atoms. The molecule has 0 amide bonds. The van der Waals surface area contributed by atoms with Gasteiger partial charge in [0.05, 0.1) is 36.2 Å². The molecule has 1 saturated heterocycles. The molecule has 4 heterocycles. The molecule has 1 aliphatic rings. The van der Waals surface area contributed by atoms with Crippen molar-refractivity contribution in [3.63, 3.8) is 0 Å². The summed E-state index contributed by atoms with van der Waals surface area (Å²) in [4.78, 5) is 15.1. The number of nitrogens with two attached hydrogens (primary N) is 1. The van der Waals surface area contributed by atoms with Gasteiger partial charge in [0.25, 0.3) is 0 Å². The van der Waals surface area contributed by atoms with Gasteiger partial charge in [0.15, 0.2) is 17.5 Å². The Bertz CT molecular complexity index is 1450. The molecule has 1 atom stereocenters. The lowest BCUT2D eigenvalue weighted by Gasteiger charge is -2.17. The maximum Gasteiger partial charge on any atom is 0.193 e. The van der Waals surface area contributed by atoms with Crippen molar-refractivity contribution in [3.05, 3.63) is 65.2 Å². The highest BCUT2D eigenvalue weighted by Gasteiger charge is 2.22. The Morgan fingerprint density at radius 2 is 2.03 bits per heavy atom. The van der Waals surface area contributed by atoms with Crippen LogP contribution in [-0.4, -0.2) is 54.2 Å². The summed E-state index contributed by atoms with van der Waals surface area (Å²) in [6.07, 6.45) is 1.94. The number of nitrogens with zero attached hydrogens (tertiary/aromatic N) is 8. The lowest BCUT2D eigenvalue weighted by Crippen LogP contribution is -2.22. The van der Waals surface area contributed by atoms with Crippen LogP contribution >= 0.6 is 0 Å². The van der Waals surface area contributed by atoms with E-state index < -0.39 is 5.82 Å². The third-order valence-electron chi connectivity index (χ3n) is 5.96. The van der Waals surface area contributed by atoms with Crippen LogP contribution in [0.15, 0.2) is 42.6 Å². The molecule has 1 unspecified atom stereocenters. The van der Waals surface area contributed by atoms with Crippen LogP contribution in [-0.2, 0) is 6.54 Å². The molecule has 1 aromatic carbocycles. The molecule has 0 radical (unpaired) electrons. The fourth-order valence-corrected chi connectivity index (χ4v) is 4.08. The predicted molar refractivity (Wildman–Crippen MR) is 126 cm³/mol. The van der Waals surface area contributed by atoms with Crippen molar-refractivity contribution < 1.29 is 9.50 Å². The van der Waals surface area contributed by atoms with Gasteiger partial charge in [-0.2, -0.15) is 5.26 Å². The number of halogens is 1. The number of β-amino-alcohol motifs (C(OH)–C–C–N with tert-alkyl or cyclic N) is 1. The number of aromatic nitrogens is 6. The summed E-state index contributed by atoms with van der Waals surface area (Å²) in [5.74, 6) is -0.120. The van der Waals surface area contributed by atoms with Crippen LogP contribution in [0.2, 0.25) is 0 Å². The zero-order chi connectivity index (χ0) is 24.5. The molecule has 3 aromatic heterocycles. The van der Waals surface area contributed by atoms with E-state index in [1.165, 1.54) is 0 Å². The van der Waals surface area contributed by atoms with Crippen molar-refractivity contribution in [2.75, 3.05) is 23.7 Å². The molecule has 35 heavy (non-hydrogen) atoms. The van der Waals surface area contributed by atoms with Gasteiger partial charge < -0.3 is 15.7 Å². The normalized spacial score (nSPS) is 15.4. The molecule has 0 saturated carbocycles. The van der Waals surface area contributed by atoms with Gasteiger partial charge in [-0.1, -0.05) is 23.4 Å². The van der Waals surface area contributed by atoms with Gasteiger partial charge in [-0.05, 0) is 37.1 Å². The highest BCUT2D eigenvalue weighted by atomic mass is 19.1. The molecular weight excluding hydrogens is 449 g/mol. The van der Waals surface area contributed by atoms with Crippen LogP contribution in [0.5, 0.6) is 0 Å². The van der Waals surface area contributed by atoms with Gasteiger partial charge in [0.2, 0.25) is 0 Å². The van der Waals surface area contributed by atoms with E-state index in [9.17, 15) is 14.8 Å². The summed E-state index contributed by atoms with van der Waals surface area (Å²) in [5, 5.41) is 27.3. The number of hydrogen-bond donors (Lipinski definition) is 2. The van der Waals surface area contributed by atoms with Gasteiger partial charge in [-0.3, -0.25) is 0 Å². The fourth-order valence-electron chi connectivity index (χ4n) is 4.08. The highest BCUT2D eigenvalue weighted by Crippen LogP contribution is 2.28. The topological polar surface area (TPSA) is 143 Å². The number of nitriles is 1. The number of pyridine rings is 1. The van der Waals surface area contributed by atoms with E-state index >= 15 is 0 Å². The maximum atomic E-state index is 14.9. The van der Waals surface area contributed by atoms with Gasteiger partial charge in [0.1, 0.15) is 17.2 Å². The SMILES string of the molecule is Cc1c(C#N)cccc1-c1nc(N)c(F)c(-c2cn(Cc3cccc(N4CCC(O)C4)n3)nn2)n1. The van der Waals surface area contributed by atoms with Gasteiger partial charge in [-0.15, -0.1) is 5.10 Å². The second-order valence-electron chi connectivity index (χ2n) is 8.36. The Morgan fingerprint density at radius 3 is 2.80 bits per heavy atom. The Hall–Kier alpha value is -4.43. The number of anilines is 2. The smallest absolute Gasteiger partial charge is 0.193 e. The van der Waals surface area contributed by atoms with E-state index in [-0.39, 0.29) is 29.1 Å². The summed E-state index contributed by atoms with van der Waals surface area (Å²) in [6.45, 7) is 3.39. The number of rotatable bonds is 5. The fraction of sp³-hybridized carbons (Fsp3) is 0.250. The summed E-state index contributed by atoms with van der Waals surface area (Å²) in [5.41, 5.74) is 8.45. The molecule has 0 aliphatic carbocycles. The third kappa shape index (κ3) is 4.39. The first-order chi connectivity index (χ1) is 16.9. The van der Waals surface area contributed by atoms with Crippen molar-refractivity contribution in [1.29, 1.82) is 5.26 Å². The van der Waals surface area contributed by atoms with Crippen LogP contribution in [0.4, 0.5) is 16.0 Å². The lowest BCUT2D eigenvalue weighted by atomic mass is 10.0. The summed E-state index contributed by atoms with van der Waals surface area (Å²) >= 11 is 0. The second-order valence-corrected chi connectivity index (χ2v) is 8.36. The van der Waals surface area contributed by atoms with Crippen molar-refractivity contribution >= 4 is 11.6 Å². The average molecular weight is 472 g/mol. The zero-order valence-corrected chi connectivity index (χ0v) is 18.9. The lowest BCUT2D eigenvalue weighted by molar-refractivity contribution is 0.198. The van der Waals surface area contributed by atoms with Crippen LogP contribution in [0.25, 0.3) is 22.8 Å². The van der Waals surface area contributed by atoms with Crippen molar-refractivity contribution in [2.24, 2.45) is 0 Å². The van der Waals surface area contributed by atoms with E-state index in [0.29, 0.717) is 36.2 Å². The summed E-state index contributed by atoms with van der Waals surface area (Å²) < 4.78 is 16.4. The van der Waals surface area contributed by atoms with Crippen molar-refractivity contribution in [1.82, 2.24) is 29.9 Å². The van der Waals surface area contributed by atoms with Gasteiger partial charge in [0, 0.05) is 18.7 Å². The number of benzene rings is 1. The predicted octanol–water partition coefficient (Wildman–Crippen LogP) is 2.32. The van der Waals surface area contributed by atoms with Crippen molar-refractivity contribution in [2.45, 2.75) is 26.0 Å². The van der Waals surface area contributed by atoms with Gasteiger partial charge >= 0.3 is 0 Å². The molecule has 0 spiro atoms. The molecule has 11 heteroatoms. The Labute approximate surface area is 200 Å². The van der Waals surface area contributed by atoms with E-state index in [4.69, 9.17) is 5.73 Å². The first kappa shape index (κ1) is 22.4. The molecule has 1 aliphatic heterocycles. The minimum Gasteiger partial charge on any atom is -0.391 e. The molecule has 5 rings (SSSR count). The number of hydrogen-bond acceptors (Lipinski definition) is 9. The van der Waals surface area contributed by atoms with E-state index in [1.54, 1.807) is 36.0 Å². The number of aliphatic hydroxyl groups excluding tert-OH is 1. The Balaban J connectivity index is 1.44. The third-order valence-corrected chi connectivity index (χ3v) is 5.96. The molecule has 4 aromatic rings. The zero-order valence-electron chi connectivity index (χ0n) is 18.9. The Kier molecular flexibility index (Phi) is 5.80. The quantitative estimate of drug-likeness (QED) is 0.448. The largest absolute Gasteiger partial charge is 0.391 e. The Morgan fingerprint density at radius 1 is 1.20 bits per heavy atom. The number of aliphatic hydroxyl groups is 1. The molecule has 176 valence electrons. The van der Waals surface area contributed by atoms with E-state index in [1.807, 2.05) is 23.1 Å². The van der Waals surface area contributed by atoms with Crippen LogP contribution in [0.1, 0.15) is 23.2 Å². The summed E-state index contributed by atoms with van der Waals surface area (Å²) in [6, 6.07) is 12.9. The average Bonchev–Trinajstić information content (AvgIpc) is 3.50. The first-order valence-corrected chi connectivity index (χ1v) is 11.1. The molecule has 10 nitrogen and oxygen atoms in total. The van der Waals surface area contributed by atoms with Crippen LogP contribution in [0, 0.1) is 24.1 Å². The minimum absolute atomic E-state index is 0.0757. The highest BCUT2D eigenvalue weighted by molar-refractivity contribution is 5.69. The van der Waals surface area contributed by atoms with Gasteiger partial charge in [-0.25, -0.2) is 24.0 Å². The van der Waals surface area contributed by atoms with E-state index in [2.05, 4.69) is 31.3 Å². The first-order valence-electron chi connectivity index (χ1n) is 11.1. The second kappa shape index (κ2) is 9.08. The standard InChI is InChI=1S/C24H22FN9O/c1-14-15(10-26)4-2-6-18(14)24-29-22(21(25)23(27)30-24)19-13-34(32-31-19)11-16-5-3-7-20(28-16)33-9-8-17(35)12-33/h2-7,13,17,35H,8-9,11-12H2,1H3,(H2,27,29,30). The summed E-state index contributed by atoms with van der Waals surface area (Å²) in [7, 11) is 0.